The first kappa shape index (κ1) is 15.8. The second kappa shape index (κ2) is 7.45. The fourth-order valence-corrected chi connectivity index (χ4v) is 2.88. The van der Waals surface area contributed by atoms with Crippen molar-refractivity contribution in [2.75, 3.05) is 26.7 Å². The van der Waals surface area contributed by atoms with Gasteiger partial charge in [-0.3, -0.25) is 9.59 Å². The molecule has 0 spiro atoms. The minimum absolute atomic E-state index is 0.0268. The van der Waals surface area contributed by atoms with E-state index in [4.69, 9.17) is 4.74 Å². The van der Waals surface area contributed by atoms with Crippen molar-refractivity contribution in [3.63, 3.8) is 0 Å². The predicted molar refractivity (Wildman–Crippen MR) is 83.2 cm³/mol. The molecule has 1 fully saturated rings. The van der Waals surface area contributed by atoms with Gasteiger partial charge in [0.2, 0.25) is 11.8 Å². The number of hydrogen-bond donors (Lipinski definition) is 1. The fraction of sp³-hybridized carbons (Fsp3) is 0.467. The molecule has 114 valence electrons. The molecule has 1 aromatic rings. The third kappa shape index (κ3) is 4.46. The summed E-state index contributed by atoms with van der Waals surface area (Å²) in [5, 5.41) is 2.77. The zero-order chi connectivity index (χ0) is 15.2. The van der Waals surface area contributed by atoms with Crippen molar-refractivity contribution in [3.05, 3.63) is 28.2 Å². The number of benzene rings is 1. The zero-order valence-electron chi connectivity index (χ0n) is 12.0. The van der Waals surface area contributed by atoms with Crippen molar-refractivity contribution in [3.8, 4) is 5.75 Å². The van der Waals surface area contributed by atoms with Crippen LogP contribution in [0.15, 0.2) is 22.7 Å². The highest BCUT2D eigenvalue weighted by molar-refractivity contribution is 9.10. The lowest BCUT2D eigenvalue weighted by Crippen LogP contribution is -2.37. The average molecular weight is 355 g/mol. The second-order valence-corrected chi connectivity index (χ2v) is 5.84. The number of carbonyl (C=O) groups is 2. The minimum atomic E-state index is -0.0759. The van der Waals surface area contributed by atoms with Gasteiger partial charge in [-0.2, -0.15) is 0 Å². The van der Waals surface area contributed by atoms with Gasteiger partial charge in [-0.05, 0) is 46.5 Å². The summed E-state index contributed by atoms with van der Waals surface area (Å²) in [6, 6.07) is 5.79. The lowest BCUT2D eigenvalue weighted by molar-refractivity contribution is -0.135. The number of amides is 2. The molecule has 1 heterocycles. The van der Waals surface area contributed by atoms with Crippen molar-refractivity contribution >= 4 is 27.7 Å². The summed E-state index contributed by atoms with van der Waals surface area (Å²) >= 11 is 3.44. The molecule has 0 bridgehead atoms. The number of ether oxygens (including phenoxy) is 1. The molecular weight excluding hydrogens is 336 g/mol. The summed E-state index contributed by atoms with van der Waals surface area (Å²) in [4.78, 5) is 25.3. The number of hydrogen-bond acceptors (Lipinski definition) is 3. The molecule has 5 nitrogen and oxygen atoms in total. The van der Waals surface area contributed by atoms with Gasteiger partial charge in [0.25, 0.3) is 0 Å². The first-order valence-corrected chi connectivity index (χ1v) is 7.76. The minimum Gasteiger partial charge on any atom is -0.496 e. The first-order chi connectivity index (χ1) is 10.1. The summed E-state index contributed by atoms with van der Waals surface area (Å²) in [5.74, 6) is 0.723. The molecule has 2 rings (SSSR count). The van der Waals surface area contributed by atoms with Crippen LogP contribution in [0.4, 0.5) is 0 Å². The molecule has 0 radical (unpaired) electrons. The molecule has 2 amide bonds. The molecule has 1 saturated heterocycles. The van der Waals surface area contributed by atoms with Crippen LogP contribution in [-0.4, -0.2) is 43.5 Å². The lowest BCUT2D eigenvalue weighted by atomic mass is 10.1. The van der Waals surface area contributed by atoms with E-state index < -0.39 is 0 Å². The molecule has 1 N–H and O–H groups in total. The third-order valence-corrected chi connectivity index (χ3v) is 4.08. The molecule has 0 aliphatic carbocycles. The van der Waals surface area contributed by atoms with E-state index >= 15 is 0 Å². The van der Waals surface area contributed by atoms with Crippen LogP contribution in [0.3, 0.4) is 0 Å². The van der Waals surface area contributed by atoms with E-state index in [0.29, 0.717) is 25.9 Å². The Balaban J connectivity index is 1.91. The van der Waals surface area contributed by atoms with E-state index in [2.05, 4.69) is 21.2 Å². The van der Waals surface area contributed by atoms with E-state index in [0.717, 1.165) is 22.2 Å². The maximum Gasteiger partial charge on any atom is 0.239 e. The van der Waals surface area contributed by atoms with Crippen LogP contribution in [0.5, 0.6) is 5.75 Å². The van der Waals surface area contributed by atoms with Gasteiger partial charge in [-0.25, -0.2) is 0 Å². The monoisotopic (exact) mass is 354 g/mol. The predicted octanol–water partition coefficient (Wildman–Crippen LogP) is 1.74. The van der Waals surface area contributed by atoms with Crippen LogP contribution >= 0.6 is 15.9 Å². The lowest BCUT2D eigenvalue weighted by Gasteiger charge is -2.19. The SMILES string of the molecule is COc1ccc(CCC(=O)N2CCCNC(=O)C2)cc1Br. The highest BCUT2D eigenvalue weighted by Gasteiger charge is 2.19. The molecule has 1 aliphatic rings. The number of halogens is 1. The van der Waals surface area contributed by atoms with Crippen LogP contribution in [0, 0.1) is 0 Å². The van der Waals surface area contributed by atoms with Gasteiger partial charge < -0.3 is 15.0 Å². The Labute approximate surface area is 132 Å². The summed E-state index contributed by atoms with van der Waals surface area (Å²) in [6.07, 6.45) is 1.87. The topological polar surface area (TPSA) is 58.6 Å². The quantitative estimate of drug-likeness (QED) is 0.895. The molecule has 0 saturated carbocycles. The van der Waals surface area contributed by atoms with Crippen molar-refractivity contribution < 1.29 is 14.3 Å². The van der Waals surface area contributed by atoms with Gasteiger partial charge in [0, 0.05) is 19.5 Å². The second-order valence-electron chi connectivity index (χ2n) is 4.99. The number of rotatable bonds is 4. The first-order valence-electron chi connectivity index (χ1n) is 6.97. The Morgan fingerprint density at radius 3 is 3.00 bits per heavy atom. The average Bonchev–Trinajstić information content (AvgIpc) is 2.69. The largest absolute Gasteiger partial charge is 0.496 e. The van der Waals surface area contributed by atoms with Crippen LogP contribution in [-0.2, 0) is 16.0 Å². The van der Waals surface area contributed by atoms with Crippen LogP contribution in [0.2, 0.25) is 0 Å². The standard InChI is InChI=1S/C15H19BrN2O3/c1-21-13-5-3-11(9-12(13)16)4-6-15(20)18-8-2-7-17-14(19)10-18/h3,5,9H,2,4,6-8,10H2,1H3,(H,17,19). The molecular formula is C15H19BrN2O3. The molecule has 1 aliphatic heterocycles. The van der Waals surface area contributed by atoms with Crippen molar-refractivity contribution in [2.45, 2.75) is 19.3 Å². The Morgan fingerprint density at radius 1 is 1.48 bits per heavy atom. The Hall–Kier alpha value is -1.56. The van der Waals surface area contributed by atoms with Crippen LogP contribution < -0.4 is 10.1 Å². The van der Waals surface area contributed by atoms with E-state index in [1.807, 2.05) is 18.2 Å². The maximum atomic E-state index is 12.2. The van der Waals surface area contributed by atoms with Crippen molar-refractivity contribution in [1.82, 2.24) is 10.2 Å². The van der Waals surface area contributed by atoms with Gasteiger partial charge >= 0.3 is 0 Å². The van der Waals surface area contributed by atoms with Gasteiger partial charge in [0.1, 0.15) is 5.75 Å². The molecule has 1 aromatic carbocycles. The number of methoxy groups -OCH3 is 1. The number of nitrogens with zero attached hydrogens (tertiary/aromatic N) is 1. The maximum absolute atomic E-state index is 12.2. The van der Waals surface area contributed by atoms with E-state index in [1.165, 1.54) is 0 Å². The summed E-state index contributed by atoms with van der Waals surface area (Å²) in [7, 11) is 1.62. The van der Waals surface area contributed by atoms with Crippen molar-refractivity contribution in [2.24, 2.45) is 0 Å². The van der Waals surface area contributed by atoms with E-state index in [1.54, 1.807) is 12.0 Å². The van der Waals surface area contributed by atoms with Crippen LogP contribution in [0.25, 0.3) is 0 Å². The molecule has 0 atom stereocenters. The Kier molecular flexibility index (Phi) is 5.61. The van der Waals surface area contributed by atoms with Gasteiger partial charge in [0.15, 0.2) is 0 Å². The molecule has 6 heteroatoms. The smallest absolute Gasteiger partial charge is 0.239 e. The summed E-state index contributed by atoms with van der Waals surface area (Å²) in [5.41, 5.74) is 1.07. The van der Waals surface area contributed by atoms with E-state index in [-0.39, 0.29) is 18.4 Å². The molecule has 0 unspecified atom stereocenters. The zero-order valence-corrected chi connectivity index (χ0v) is 13.6. The fourth-order valence-electron chi connectivity index (χ4n) is 2.29. The third-order valence-electron chi connectivity index (χ3n) is 3.46. The number of aryl methyl sites for hydroxylation is 1. The van der Waals surface area contributed by atoms with Gasteiger partial charge in [0.05, 0.1) is 18.1 Å². The highest BCUT2D eigenvalue weighted by Crippen LogP contribution is 2.26. The Bertz CT molecular complexity index is 534. The highest BCUT2D eigenvalue weighted by atomic mass is 79.9. The van der Waals surface area contributed by atoms with Crippen LogP contribution in [0.1, 0.15) is 18.4 Å². The van der Waals surface area contributed by atoms with E-state index in [9.17, 15) is 9.59 Å². The van der Waals surface area contributed by atoms with Gasteiger partial charge in [-0.15, -0.1) is 0 Å². The number of carbonyl (C=O) groups excluding carboxylic acids is 2. The van der Waals surface area contributed by atoms with Gasteiger partial charge in [-0.1, -0.05) is 6.07 Å². The summed E-state index contributed by atoms with van der Waals surface area (Å²) < 4.78 is 6.06. The Morgan fingerprint density at radius 2 is 2.29 bits per heavy atom. The van der Waals surface area contributed by atoms with Crippen molar-refractivity contribution in [1.29, 1.82) is 0 Å². The summed E-state index contributed by atoms with van der Waals surface area (Å²) in [6.45, 7) is 1.46. The normalized spacial score (nSPS) is 15.3. The molecule has 0 aromatic heterocycles. The molecule has 21 heavy (non-hydrogen) atoms. The number of nitrogens with one attached hydrogen (secondary N) is 1.